The number of carbonyl (C=O) groups is 4. The van der Waals surface area contributed by atoms with E-state index in [2.05, 4.69) is 48.5 Å². The van der Waals surface area contributed by atoms with Gasteiger partial charge in [0.1, 0.15) is 19.3 Å². The number of aliphatic hydroxyl groups excluding tert-OH is 1. The summed E-state index contributed by atoms with van der Waals surface area (Å²) in [4.78, 5) is 73.0. The maximum atomic E-state index is 13.1. The lowest BCUT2D eigenvalue weighted by Gasteiger charge is -2.21. The minimum Gasteiger partial charge on any atom is -0.462 e. The van der Waals surface area contributed by atoms with Crippen LogP contribution in [0.25, 0.3) is 0 Å². The first-order valence-electron chi connectivity index (χ1n) is 41.3. The molecular formula is C80H156O17P2. The van der Waals surface area contributed by atoms with Crippen molar-refractivity contribution in [3.63, 3.8) is 0 Å². The third-order valence-corrected chi connectivity index (χ3v) is 20.5. The molecule has 0 aromatic heterocycles. The Morgan fingerprint density at radius 2 is 0.465 bits per heavy atom. The molecule has 0 saturated heterocycles. The van der Waals surface area contributed by atoms with Crippen LogP contribution in [0, 0.1) is 17.8 Å². The van der Waals surface area contributed by atoms with Gasteiger partial charge in [0, 0.05) is 25.7 Å². The molecule has 0 rings (SSSR count). The topological polar surface area (TPSA) is 237 Å². The van der Waals surface area contributed by atoms with Crippen LogP contribution in [-0.4, -0.2) is 96.7 Å². The number of phosphoric ester groups is 2. The average molecular weight is 1450 g/mol. The van der Waals surface area contributed by atoms with E-state index in [9.17, 15) is 43.2 Å². The van der Waals surface area contributed by atoms with Gasteiger partial charge in [-0.25, -0.2) is 9.13 Å². The van der Waals surface area contributed by atoms with E-state index in [1.54, 1.807) is 0 Å². The molecule has 0 aliphatic carbocycles. The highest BCUT2D eigenvalue weighted by Crippen LogP contribution is 2.45. The molecule has 0 radical (unpaired) electrons. The van der Waals surface area contributed by atoms with E-state index in [0.717, 1.165) is 108 Å². The SMILES string of the molecule is CCCCCCCCCCCCCCC(=O)OC[C@H](COP(=O)(O)OC[C@H](O)COP(=O)(O)OC[C@@H](COC(=O)CCCCCCCCCCCCCCCC(C)C)OC(=O)CCCCCCCCCCCCCCCC(C)C)OC(=O)CCCCCCCCCCCCCCC(C)C. The number of hydrogen-bond donors (Lipinski definition) is 3. The quantitative estimate of drug-likeness (QED) is 0.0222. The van der Waals surface area contributed by atoms with Crippen LogP contribution >= 0.6 is 15.6 Å². The minimum absolute atomic E-state index is 0.107. The van der Waals surface area contributed by atoms with Gasteiger partial charge in [-0.15, -0.1) is 0 Å². The second kappa shape index (κ2) is 70.4. The van der Waals surface area contributed by atoms with Gasteiger partial charge in [0.2, 0.25) is 0 Å². The Bertz CT molecular complexity index is 1920. The summed E-state index contributed by atoms with van der Waals surface area (Å²) in [5.74, 6) is 0.245. The van der Waals surface area contributed by atoms with Crippen molar-refractivity contribution in [2.24, 2.45) is 17.8 Å². The Morgan fingerprint density at radius 1 is 0.273 bits per heavy atom. The number of aliphatic hydroxyl groups is 1. The Labute approximate surface area is 607 Å². The predicted molar refractivity (Wildman–Crippen MR) is 405 cm³/mol. The fraction of sp³-hybridized carbons (Fsp3) is 0.950. The van der Waals surface area contributed by atoms with Crippen molar-refractivity contribution in [1.29, 1.82) is 0 Å². The molecule has 0 amide bonds. The molecule has 19 heteroatoms. The van der Waals surface area contributed by atoms with Gasteiger partial charge in [0.15, 0.2) is 12.2 Å². The first-order chi connectivity index (χ1) is 47.7. The molecule has 0 aromatic rings. The average Bonchev–Trinajstić information content (AvgIpc) is 1.02. The third-order valence-electron chi connectivity index (χ3n) is 18.6. The lowest BCUT2D eigenvalue weighted by atomic mass is 10.0. The number of unbranched alkanes of at least 4 members (excludes halogenated alkanes) is 46. The number of phosphoric acid groups is 2. The van der Waals surface area contributed by atoms with Gasteiger partial charge in [-0.3, -0.25) is 37.3 Å². The molecule has 5 atom stereocenters. The summed E-state index contributed by atoms with van der Waals surface area (Å²) in [7, 11) is -9.92. The highest BCUT2D eigenvalue weighted by atomic mass is 31.2. The van der Waals surface area contributed by atoms with Gasteiger partial charge in [-0.2, -0.15) is 0 Å². The van der Waals surface area contributed by atoms with Crippen LogP contribution in [0.4, 0.5) is 0 Å². The highest BCUT2D eigenvalue weighted by Gasteiger charge is 2.30. The standard InChI is InChI=1S/C80H156O17P2/c1-8-9-10-11-12-13-14-26-33-40-47-54-61-77(82)90-67-75(97-80(85)64-57-50-43-36-29-22-21-25-32-39-46-53-60-73(6)7)69-94-98(86,87)92-65-74(81)66-93-99(88,89)95-70-76(96-79(84)63-56-49-42-35-28-20-16-18-24-31-38-45-52-59-72(4)5)68-91-78(83)62-55-48-41-34-27-19-15-17-23-30-37-44-51-58-71(2)3/h71-76,81H,8-70H2,1-7H3,(H,86,87)(H,88,89)/t74-,75+,76+/m0/s1. The molecule has 0 fully saturated rings. The molecule has 17 nitrogen and oxygen atoms in total. The molecule has 0 aliphatic rings. The van der Waals surface area contributed by atoms with Gasteiger partial charge >= 0.3 is 39.5 Å². The van der Waals surface area contributed by atoms with Crippen molar-refractivity contribution in [2.45, 2.75) is 433 Å². The number of carbonyl (C=O) groups excluding carboxylic acids is 4. The molecule has 0 aromatic carbocycles. The molecule has 0 aliphatic heterocycles. The molecule has 588 valence electrons. The van der Waals surface area contributed by atoms with Crippen LogP contribution in [0.2, 0.25) is 0 Å². The number of hydrogen-bond acceptors (Lipinski definition) is 15. The largest absolute Gasteiger partial charge is 0.472 e. The van der Waals surface area contributed by atoms with Crippen LogP contribution < -0.4 is 0 Å². The first kappa shape index (κ1) is 97.1. The number of esters is 4. The molecule has 0 bridgehead atoms. The summed E-state index contributed by atoms with van der Waals surface area (Å²) in [6, 6.07) is 0. The molecule has 99 heavy (non-hydrogen) atoms. The smallest absolute Gasteiger partial charge is 0.462 e. The number of rotatable bonds is 78. The monoisotopic (exact) mass is 1450 g/mol. The Hall–Kier alpha value is -1.94. The zero-order valence-corrected chi connectivity index (χ0v) is 66.8. The number of ether oxygens (including phenoxy) is 4. The Balaban J connectivity index is 5.27. The summed E-state index contributed by atoms with van der Waals surface area (Å²) in [5.41, 5.74) is 0. The van der Waals surface area contributed by atoms with E-state index in [0.29, 0.717) is 25.7 Å². The van der Waals surface area contributed by atoms with Crippen molar-refractivity contribution in [1.82, 2.24) is 0 Å². The van der Waals surface area contributed by atoms with Gasteiger partial charge in [0.25, 0.3) is 0 Å². The van der Waals surface area contributed by atoms with E-state index in [-0.39, 0.29) is 25.7 Å². The highest BCUT2D eigenvalue weighted by molar-refractivity contribution is 7.47. The second-order valence-electron chi connectivity index (χ2n) is 30.2. The maximum Gasteiger partial charge on any atom is 0.472 e. The Kier molecular flexibility index (Phi) is 69.0. The van der Waals surface area contributed by atoms with Crippen LogP contribution in [-0.2, 0) is 65.4 Å². The van der Waals surface area contributed by atoms with Crippen LogP contribution in [0.3, 0.4) is 0 Å². The predicted octanol–water partition coefficient (Wildman–Crippen LogP) is 23.7. The zero-order chi connectivity index (χ0) is 73.0. The molecule has 2 unspecified atom stereocenters. The molecular weight excluding hydrogens is 1290 g/mol. The summed E-state index contributed by atoms with van der Waals surface area (Å²) in [5, 5.41) is 10.6. The van der Waals surface area contributed by atoms with Gasteiger partial charge in [0.05, 0.1) is 26.4 Å². The zero-order valence-electron chi connectivity index (χ0n) is 65.0. The summed E-state index contributed by atoms with van der Waals surface area (Å²) >= 11 is 0. The molecule has 3 N–H and O–H groups in total. The summed E-state index contributed by atoms with van der Waals surface area (Å²) < 4.78 is 68.7. The molecule has 0 heterocycles. The Morgan fingerprint density at radius 3 is 0.687 bits per heavy atom. The van der Waals surface area contributed by atoms with Crippen molar-refractivity contribution >= 4 is 39.5 Å². The van der Waals surface area contributed by atoms with Crippen molar-refractivity contribution in [3.8, 4) is 0 Å². The first-order valence-corrected chi connectivity index (χ1v) is 44.3. The fourth-order valence-corrected chi connectivity index (χ4v) is 13.9. The normalized spacial score (nSPS) is 14.0. The van der Waals surface area contributed by atoms with Gasteiger partial charge in [-0.05, 0) is 43.4 Å². The molecule has 0 spiro atoms. The minimum atomic E-state index is -4.96. The summed E-state index contributed by atoms with van der Waals surface area (Å²) in [6.07, 6.45) is 58.1. The lowest BCUT2D eigenvalue weighted by Crippen LogP contribution is -2.30. The van der Waals surface area contributed by atoms with E-state index in [4.69, 9.17) is 37.0 Å². The fourth-order valence-electron chi connectivity index (χ4n) is 12.3. The van der Waals surface area contributed by atoms with Gasteiger partial charge in [-0.1, -0.05) is 363 Å². The van der Waals surface area contributed by atoms with E-state index in [1.165, 1.54) is 225 Å². The van der Waals surface area contributed by atoms with Gasteiger partial charge < -0.3 is 33.8 Å². The van der Waals surface area contributed by atoms with E-state index >= 15 is 0 Å². The lowest BCUT2D eigenvalue weighted by molar-refractivity contribution is -0.161. The van der Waals surface area contributed by atoms with Crippen molar-refractivity contribution < 1.29 is 80.2 Å². The maximum absolute atomic E-state index is 13.1. The van der Waals surface area contributed by atoms with Crippen LogP contribution in [0.1, 0.15) is 414 Å². The third kappa shape index (κ3) is 74.1. The van der Waals surface area contributed by atoms with Crippen molar-refractivity contribution in [2.75, 3.05) is 39.6 Å². The van der Waals surface area contributed by atoms with Crippen LogP contribution in [0.15, 0.2) is 0 Å². The van der Waals surface area contributed by atoms with E-state index < -0.39 is 97.5 Å². The van der Waals surface area contributed by atoms with Crippen molar-refractivity contribution in [3.05, 3.63) is 0 Å². The molecule has 0 saturated carbocycles. The summed E-state index contributed by atoms with van der Waals surface area (Å²) in [6.45, 7) is 12.0. The second-order valence-corrected chi connectivity index (χ2v) is 33.1. The van der Waals surface area contributed by atoms with Crippen LogP contribution in [0.5, 0.6) is 0 Å². The van der Waals surface area contributed by atoms with E-state index in [1.807, 2.05) is 0 Å².